The standard InChI is InChI=1S/C15H22BrN5O2S/c1-4-23-13-9-11(8-12(16)14(13)22-3)10-17-6-5-7-24-15-18-19-20-21(15)2/h8-9,17H,4-7,10H2,1-3H3. The van der Waals surface area contributed by atoms with Gasteiger partial charge in [-0.3, -0.25) is 0 Å². The Morgan fingerprint density at radius 1 is 1.38 bits per heavy atom. The van der Waals surface area contributed by atoms with Gasteiger partial charge in [0.05, 0.1) is 18.2 Å². The van der Waals surface area contributed by atoms with Crippen LogP contribution >= 0.6 is 27.7 Å². The van der Waals surface area contributed by atoms with Crippen LogP contribution in [0.3, 0.4) is 0 Å². The van der Waals surface area contributed by atoms with Gasteiger partial charge in [-0.1, -0.05) is 11.8 Å². The monoisotopic (exact) mass is 415 g/mol. The predicted octanol–water partition coefficient (Wildman–Crippen LogP) is 2.65. The summed E-state index contributed by atoms with van der Waals surface area (Å²) >= 11 is 5.19. The van der Waals surface area contributed by atoms with Crippen molar-refractivity contribution in [3.63, 3.8) is 0 Å². The van der Waals surface area contributed by atoms with Crippen molar-refractivity contribution in [1.82, 2.24) is 25.5 Å². The molecule has 1 N–H and O–H groups in total. The molecular weight excluding hydrogens is 394 g/mol. The lowest BCUT2D eigenvalue weighted by Gasteiger charge is -2.13. The van der Waals surface area contributed by atoms with Crippen LogP contribution < -0.4 is 14.8 Å². The lowest BCUT2D eigenvalue weighted by molar-refractivity contribution is 0.309. The van der Waals surface area contributed by atoms with Gasteiger partial charge in [-0.2, -0.15) is 0 Å². The van der Waals surface area contributed by atoms with Gasteiger partial charge in [0.15, 0.2) is 11.5 Å². The molecule has 0 atom stereocenters. The van der Waals surface area contributed by atoms with Crippen molar-refractivity contribution in [3.05, 3.63) is 22.2 Å². The van der Waals surface area contributed by atoms with Gasteiger partial charge in [-0.15, -0.1) is 5.10 Å². The highest BCUT2D eigenvalue weighted by Gasteiger charge is 2.11. The van der Waals surface area contributed by atoms with Gasteiger partial charge in [0.2, 0.25) is 5.16 Å². The van der Waals surface area contributed by atoms with Crippen molar-refractivity contribution >= 4 is 27.7 Å². The molecule has 0 aliphatic rings. The third kappa shape index (κ3) is 5.35. The highest BCUT2D eigenvalue weighted by Crippen LogP contribution is 2.36. The number of aromatic nitrogens is 4. The molecule has 2 aromatic rings. The maximum absolute atomic E-state index is 5.64. The quantitative estimate of drug-likeness (QED) is 0.472. The topological polar surface area (TPSA) is 74.1 Å². The van der Waals surface area contributed by atoms with Crippen LogP contribution in [0.15, 0.2) is 21.8 Å². The smallest absolute Gasteiger partial charge is 0.209 e. The average Bonchev–Trinajstić information content (AvgIpc) is 2.96. The Balaban J connectivity index is 1.76. The molecule has 2 rings (SSSR count). The van der Waals surface area contributed by atoms with Crippen LogP contribution in [0.5, 0.6) is 11.5 Å². The van der Waals surface area contributed by atoms with Crippen LogP contribution in [-0.2, 0) is 13.6 Å². The Bertz CT molecular complexity index is 653. The van der Waals surface area contributed by atoms with Gasteiger partial charge in [0.1, 0.15) is 0 Å². The molecule has 1 aromatic carbocycles. The fraction of sp³-hybridized carbons (Fsp3) is 0.533. The number of hydrogen-bond donors (Lipinski definition) is 1. The van der Waals surface area contributed by atoms with E-state index in [1.54, 1.807) is 23.6 Å². The predicted molar refractivity (Wildman–Crippen MR) is 97.7 cm³/mol. The maximum atomic E-state index is 5.64. The van der Waals surface area contributed by atoms with E-state index in [4.69, 9.17) is 9.47 Å². The van der Waals surface area contributed by atoms with Crippen LogP contribution in [-0.4, -0.2) is 46.2 Å². The SMILES string of the molecule is CCOc1cc(CNCCCSc2nnnn2C)cc(Br)c1OC. The second-order valence-corrected chi connectivity index (χ2v) is 6.92. The molecule has 9 heteroatoms. The number of tetrazole rings is 1. The number of halogens is 1. The van der Waals surface area contributed by atoms with E-state index in [0.29, 0.717) is 6.61 Å². The van der Waals surface area contributed by atoms with Gasteiger partial charge in [-0.05, 0) is 63.9 Å². The zero-order valence-electron chi connectivity index (χ0n) is 14.1. The van der Waals surface area contributed by atoms with E-state index in [2.05, 4.69) is 36.8 Å². The summed E-state index contributed by atoms with van der Waals surface area (Å²) in [6.07, 6.45) is 1.03. The summed E-state index contributed by atoms with van der Waals surface area (Å²) in [6, 6.07) is 4.06. The van der Waals surface area contributed by atoms with Crippen LogP contribution in [0.2, 0.25) is 0 Å². The Hall–Kier alpha value is -1.32. The first kappa shape index (κ1) is 19.0. The van der Waals surface area contributed by atoms with E-state index < -0.39 is 0 Å². The number of thioether (sulfide) groups is 1. The van der Waals surface area contributed by atoms with Gasteiger partial charge in [0, 0.05) is 19.3 Å². The molecule has 0 radical (unpaired) electrons. The fourth-order valence-electron chi connectivity index (χ4n) is 2.12. The van der Waals surface area contributed by atoms with Gasteiger partial charge in [0.25, 0.3) is 0 Å². The molecule has 0 amide bonds. The minimum absolute atomic E-state index is 0.605. The Kier molecular flexibility index (Phi) is 7.80. The Morgan fingerprint density at radius 3 is 2.88 bits per heavy atom. The van der Waals surface area contributed by atoms with Crippen molar-refractivity contribution in [2.45, 2.75) is 25.0 Å². The molecule has 0 saturated carbocycles. The molecule has 0 aliphatic heterocycles. The molecule has 0 saturated heterocycles. The van der Waals surface area contributed by atoms with E-state index in [-0.39, 0.29) is 0 Å². The number of nitrogens with zero attached hydrogens (tertiary/aromatic N) is 4. The number of rotatable bonds is 10. The van der Waals surface area contributed by atoms with Crippen LogP contribution in [0.25, 0.3) is 0 Å². The van der Waals surface area contributed by atoms with Crippen molar-refractivity contribution in [3.8, 4) is 11.5 Å². The first-order valence-electron chi connectivity index (χ1n) is 7.70. The van der Waals surface area contributed by atoms with E-state index >= 15 is 0 Å². The van der Waals surface area contributed by atoms with Gasteiger partial charge in [-0.25, -0.2) is 4.68 Å². The van der Waals surface area contributed by atoms with Crippen LogP contribution in [0.1, 0.15) is 18.9 Å². The lowest BCUT2D eigenvalue weighted by Crippen LogP contribution is -2.15. The number of benzene rings is 1. The minimum Gasteiger partial charge on any atom is -0.492 e. The lowest BCUT2D eigenvalue weighted by atomic mass is 10.2. The normalized spacial score (nSPS) is 10.8. The number of nitrogens with one attached hydrogen (secondary N) is 1. The highest BCUT2D eigenvalue weighted by molar-refractivity contribution is 9.10. The minimum atomic E-state index is 0.605. The second-order valence-electron chi connectivity index (χ2n) is 5.01. The molecule has 1 aromatic heterocycles. The zero-order valence-corrected chi connectivity index (χ0v) is 16.5. The molecular formula is C15H22BrN5O2S. The van der Waals surface area contributed by atoms with Gasteiger partial charge >= 0.3 is 0 Å². The summed E-state index contributed by atoms with van der Waals surface area (Å²) in [5.74, 6) is 2.46. The Morgan fingerprint density at radius 2 is 2.21 bits per heavy atom. The second kappa shape index (κ2) is 9.85. The first-order chi connectivity index (χ1) is 11.7. The summed E-state index contributed by atoms with van der Waals surface area (Å²) in [5, 5.41) is 15.7. The van der Waals surface area contributed by atoms with E-state index in [0.717, 1.165) is 52.0 Å². The molecule has 0 unspecified atom stereocenters. The molecule has 7 nitrogen and oxygen atoms in total. The molecule has 0 spiro atoms. The van der Waals surface area contributed by atoms with Crippen molar-refractivity contribution in [2.75, 3.05) is 26.0 Å². The van der Waals surface area contributed by atoms with E-state index in [1.807, 2.05) is 26.1 Å². The van der Waals surface area contributed by atoms with Crippen LogP contribution in [0.4, 0.5) is 0 Å². The van der Waals surface area contributed by atoms with Crippen molar-refractivity contribution < 1.29 is 9.47 Å². The maximum Gasteiger partial charge on any atom is 0.209 e. The molecule has 1 heterocycles. The van der Waals surface area contributed by atoms with Crippen LogP contribution in [0, 0.1) is 0 Å². The van der Waals surface area contributed by atoms with Crippen molar-refractivity contribution in [2.24, 2.45) is 7.05 Å². The molecule has 0 fully saturated rings. The van der Waals surface area contributed by atoms with E-state index in [9.17, 15) is 0 Å². The first-order valence-corrected chi connectivity index (χ1v) is 9.48. The van der Waals surface area contributed by atoms with Gasteiger partial charge < -0.3 is 14.8 Å². The largest absolute Gasteiger partial charge is 0.492 e. The summed E-state index contributed by atoms with van der Waals surface area (Å²) < 4.78 is 13.6. The molecule has 24 heavy (non-hydrogen) atoms. The molecule has 132 valence electrons. The van der Waals surface area contributed by atoms with E-state index in [1.165, 1.54) is 0 Å². The average molecular weight is 416 g/mol. The Labute approximate surface area is 154 Å². The summed E-state index contributed by atoms with van der Waals surface area (Å²) in [7, 11) is 3.49. The highest BCUT2D eigenvalue weighted by atomic mass is 79.9. The summed E-state index contributed by atoms with van der Waals surface area (Å²) in [6.45, 7) is 4.27. The number of aryl methyl sites for hydroxylation is 1. The molecule has 0 aliphatic carbocycles. The number of methoxy groups -OCH3 is 1. The van der Waals surface area contributed by atoms with Crippen molar-refractivity contribution in [1.29, 1.82) is 0 Å². The fourth-order valence-corrected chi connectivity index (χ4v) is 3.56. The number of ether oxygens (including phenoxy) is 2. The molecule has 0 bridgehead atoms. The number of hydrogen-bond acceptors (Lipinski definition) is 7. The summed E-state index contributed by atoms with van der Waals surface area (Å²) in [4.78, 5) is 0. The summed E-state index contributed by atoms with van der Waals surface area (Å²) in [5.41, 5.74) is 1.15. The zero-order chi connectivity index (χ0) is 17.4. The third-order valence-electron chi connectivity index (χ3n) is 3.21. The third-order valence-corrected chi connectivity index (χ3v) is 4.90.